The molecule has 2 rings (SSSR count). The highest BCUT2D eigenvalue weighted by molar-refractivity contribution is 7.07. The predicted octanol–water partition coefficient (Wildman–Crippen LogP) is 0.288. The van der Waals surface area contributed by atoms with Crippen LogP contribution in [0.5, 0.6) is 0 Å². The van der Waals surface area contributed by atoms with Gasteiger partial charge in [-0.3, -0.25) is 10.2 Å². The van der Waals surface area contributed by atoms with Crippen molar-refractivity contribution >= 4 is 17.3 Å². The number of guanidine groups is 1. The van der Waals surface area contributed by atoms with Gasteiger partial charge in [0.2, 0.25) is 5.96 Å². The first kappa shape index (κ1) is 12.1. The second kappa shape index (κ2) is 5.83. The number of thiazole rings is 1. The van der Waals surface area contributed by atoms with Crippen molar-refractivity contribution in [1.82, 2.24) is 15.7 Å². The smallest absolute Gasteiger partial charge is 0.304 e. The lowest BCUT2D eigenvalue weighted by molar-refractivity contribution is 0.614. The fourth-order valence-electron chi connectivity index (χ4n) is 1.95. The van der Waals surface area contributed by atoms with Gasteiger partial charge in [0, 0.05) is 11.4 Å². The number of aromatic amines is 1. The highest BCUT2D eigenvalue weighted by Gasteiger charge is 2.15. The SMILES string of the molecule is NNC(=NCc1csc(=O)[nH]1)NC1CCCC1. The molecule has 0 aromatic carbocycles. The second-order valence-corrected chi connectivity index (χ2v) is 4.95. The Morgan fingerprint density at radius 3 is 2.94 bits per heavy atom. The van der Waals surface area contributed by atoms with Crippen LogP contribution in [0.3, 0.4) is 0 Å². The number of nitrogens with one attached hydrogen (secondary N) is 3. The molecular formula is C10H17N5OS. The normalized spacial score (nSPS) is 17.4. The first-order chi connectivity index (χ1) is 8.28. The Bertz CT molecular complexity index is 432. The average Bonchev–Trinajstić information content (AvgIpc) is 2.96. The van der Waals surface area contributed by atoms with Crippen molar-refractivity contribution in [3.05, 3.63) is 20.7 Å². The van der Waals surface area contributed by atoms with E-state index in [1.165, 1.54) is 12.8 Å². The topological polar surface area (TPSA) is 95.3 Å². The first-order valence-electron chi connectivity index (χ1n) is 5.72. The van der Waals surface area contributed by atoms with Gasteiger partial charge >= 0.3 is 4.87 Å². The molecule has 0 atom stereocenters. The Kier molecular flexibility index (Phi) is 4.16. The number of hydrogen-bond acceptors (Lipinski definition) is 4. The Morgan fingerprint density at radius 1 is 1.59 bits per heavy atom. The monoisotopic (exact) mass is 255 g/mol. The maximum absolute atomic E-state index is 10.9. The summed E-state index contributed by atoms with van der Waals surface area (Å²) in [5, 5.41) is 5.04. The molecule has 1 heterocycles. The van der Waals surface area contributed by atoms with E-state index >= 15 is 0 Å². The van der Waals surface area contributed by atoms with Crippen molar-refractivity contribution in [3.63, 3.8) is 0 Å². The summed E-state index contributed by atoms with van der Waals surface area (Å²) >= 11 is 1.14. The van der Waals surface area contributed by atoms with Crippen LogP contribution in [0.2, 0.25) is 0 Å². The molecule has 5 N–H and O–H groups in total. The first-order valence-corrected chi connectivity index (χ1v) is 6.60. The van der Waals surface area contributed by atoms with Crippen LogP contribution in [0.25, 0.3) is 0 Å². The Morgan fingerprint density at radius 2 is 2.35 bits per heavy atom. The van der Waals surface area contributed by atoms with Gasteiger partial charge < -0.3 is 10.3 Å². The van der Waals surface area contributed by atoms with Gasteiger partial charge in [0.05, 0.1) is 12.2 Å². The minimum Gasteiger partial charge on any atom is -0.353 e. The van der Waals surface area contributed by atoms with Crippen LogP contribution in [-0.4, -0.2) is 17.0 Å². The van der Waals surface area contributed by atoms with Gasteiger partial charge in [-0.15, -0.1) is 0 Å². The van der Waals surface area contributed by atoms with Crippen LogP contribution in [-0.2, 0) is 6.54 Å². The maximum atomic E-state index is 10.9. The molecule has 1 saturated carbocycles. The number of nitrogens with two attached hydrogens (primary N) is 1. The minimum absolute atomic E-state index is 0.0544. The van der Waals surface area contributed by atoms with Crippen molar-refractivity contribution in [1.29, 1.82) is 0 Å². The van der Waals surface area contributed by atoms with Crippen LogP contribution in [0.1, 0.15) is 31.4 Å². The average molecular weight is 255 g/mol. The molecule has 0 amide bonds. The molecule has 0 spiro atoms. The summed E-state index contributed by atoms with van der Waals surface area (Å²) < 4.78 is 0. The zero-order chi connectivity index (χ0) is 12.1. The number of aromatic nitrogens is 1. The van der Waals surface area contributed by atoms with E-state index in [4.69, 9.17) is 5.84 Å². The van der Waals surface area contributed by atoms with Gasteiger partial charge in [0.15, 0.2) is 0 Å². The Balaban J connectivity index is 1.90. The summed E-state index contributed by atoms with van der Waals surface area (Å²) in [7, 11) is 0. The molecule has 17 heavy (non-hydrogen) atoms. The van der Waals surface area contributed by atoms with Crippen molar-refractivity contribution in [3.8, 4) is 0 Å². The van der Waals surface area contributed by atoms with Crippen LogP contribution in [0, 0.1) is 0 Å². The van der Waals surface area contributed by atoms with Crippen LogP contribution in [0.4, 0.5) is 0 Å². The van der Waals surface area contributed by atoms with Gasteiger partial charge in [-0.25, -0.2) is 10.8 Å². The van der Waals surface area contributed by atoms with Crippen molar-refractivity contribution < 1.29 is 0 Å². The molecule has 0 bridgehead atoms. The van der Waals surface area contributed by atoms with E-state index in [9.17, 15) is 4.79 Å². The maximum Gasteiger partial charge on any atom is 0.304 e. The largest absolute Gasteiger partial charge is 0.353 e. The molecule has 1 aromatic rings. The summed E-state index contributed by atoms with van der Waals surface area (Å²) in [6.45, 7) is 0.429. The van der Waals surface area contributed by atoms with Crippen LogP contribution in [0.15, 0.2) is 15.2 Å². The number of nitrogens with zero attached hydrogens (tertiary/aromatic N) is 1. The summed E-state index contributed by atoms with van der Waals surface area (Å²) in [4.78, 5) is 17.9. The second-order valence-electron chi connectivity index (χ2n) is 4.11. The molecule has 0 unspecified atom stereocenters. The van der Waals surface area contributed by atoms with Gasteiger partial charge in [-0.05, 0) is 12.8 Å². The highest BCUT2D eigenvalue weighted by Crippen LogP contribution is 2.17. The van der Waals surface area contributed by atoms with Gasteiger partial charge in [-0.2, -0.15) is 0 Å². The predicted molar refractivity (Wildman–Crippen MR) is 68.8 cm³/mol. The molecule has 1 aliphatic rings. The Labute approximate surface area is 103 Å². The third-order valence-electron chi connectivity index (χ3n) is 2.81. The molecule has 94 valence electrons. The summed E-state index contributed by atoms with van der Waals surface area (Å²) in [5.41, 5.74) is 3.36. The number of H-pyrrole nitrogens is 1. The van der Waals surface area contributed by atoms with E-state index in [1.54, 1.807) is 5.38 Å². The fourth-order valence-corrected chi connectivity index (χ4v) is 2.52. The number of rotatable bonds is 3. The van der Waals surface area contributed by atoms with Gasteiger partial charge in [-0.1, -0.05) is 24.2 Å². The van der Waals surface area contributed by atoms with E-state index in [-0.39, 0.29) is 4.87 Å². The van der Waals surface area contributed by atoms with E-state index < -0.39 is 0 Å². The highest BCUT2D eigenvalue weighted by atomic mass is 32.1. The summed E-state index contributed by atoms with van der Waals surface area (Å²) in [6, 6.07) is 0.464. The lowest BCUT2D eigenvalue weighted by Crippen LogP contribution is -2.45. The van der Waals surface area contributed by atoms with Gasteiger partial charge in [0.25, 0.3) is 0 Å². The molecule has 1 fully saturated rings. The van der Waals surface area contributed by atoms with Crippen molar-refractivity contribution in [2.24, 2.45) is 10.8 Å². The molecule has 1 aliphatic carbocycles. The molecule has 0 radical (unpaired) electrons. The lowest BCUT2D eigenvalue weighted by Gasteiger charge is -2.14. The number of hydrogen-bond donors (Lipinski definition) is 4. The number of aliphatic imine (C=N–C) groups is 1. The lowest BCUT2D eigenvalue weighted by atomic mass is 10.2. The van der Waals surface area contributed by atoms with Crippen molar-refractivity contribution in [2.45, 2.75) is 38.3 Å². The third-order valence-corrected chi connectivity index (χ3v) is 3.53. The minimum atomic E-state index is -0.0544. The van der Waals surface area contributed by atoms with Crippen LogP contribution < -0.4 is 21.5 Å². The zero-order valence-electron chi connectivity index (χ0n) is 9.53. The zero-order valence-corrected chi connectivity index (χ0v) is 10.3. The molecule has 7 heteroatoms. The van der Waals surface area contributed by atoms with E-state index in [1.807, 2.05) is 0 Å². The molecule has 0 saturated heterocycles. The van der Waals surface area contributed by atoms with Crippen LogP contribution >= 0.6 is 11.3 Å². The van der Waals surface area contributed by atoms with E-state index in [0.717, 1.165) is 29.9 Å². The third kappa shape index (κ3) is 3.57. The molecule has 6 nitrogen and oxygen atoms in total. The van der Waals surface area contributed by atoms with E-state index in [2.05, 4.69) is 20.7 Å². The van der Waals surface area contributed by atoms with Crippen molar-refractivity contribution in [2.75, 3.05) is 0 Å². The summed E-state index contributed by atoms with van der Waals surface area (Å²) in [6.07, 6.45) is 4.84. The molecule has 0 aliphatic heterocycles. The summed E-state index contributed by atoms with van der Waals surface area (Å²) in [5.74, 6) is 5.99. The standard InChI is InChI=1S/C10H17N5OS/c11-15-9(13-7-3-1-2-4-7)12-5-8-6-17-10(16)14-8/h6-7H,1-5,11H2,(H,14,16)(H2,12,13,15). The number of hydrazine groups is 1. The Hall–Kier alpha value is -1.34. The molecule has 1 aromatic heterocycles. The van der Waals surface area contributed by atoms with E-state index in [0.29, 0.717) is 18.5 Å². The van der Waals surface area contributed by atoms with Gasteiger partial charge in [0.1, 0.15) is 0 Å². The quantitative estimate of drug-likeness (QED) is 0.270. The fraction of sp³-hybridized carbons (Fsp3) is 0.600. The molecular weight excluding hydrogens is 238 g/mol.